The molecule has 1 aliphatic rings. The lowest BCUT2D eigenvalue weighted by Gasteiger charge is -2.21. The van der Waals surface area contributed by atoms with E-state index in [0.717, 1.165) is 43.9 Å². The number of rotatable bonds is 2. The molecule has 0 unspecified atom stereocenters. The molecule has 0 bridgehead atoms. The lowest BCUT2D eigenvalue weighted by atomic mass is 10.1. The number of hydrogen-bond acceptors (Lipinski definition) is 4. The second-order valence-corrected chi connectivity index (χ2v) is 5.23. The molecule has 124 valence electrons. The first-order valence-electron chi connectivity index (χ1n) is 8.23. The van der Waals surface area contributed by atoms with Crippen LogP contribution in [0.25, 0.3) is 5.69 Å². The van der Waals surface area contributed by atoms with Gasteiger partial charge in [0.25, 0.3) is 5.91 Å². The fourth-order valence-electron chi connectivity index (χ4n) is 2.55. The van der Waals surface area contributed by atoms with E-state index in [4.69, 9.17) is 0 Å². The normalized spacial score (nSPS) is 14.7. The summed E-state index contributed by atoms with van der Waals surface area (Å²) in [4.78, 5) is 16.3. The van der Waals surface area contributed by atoms with Crippen LogP contribution in [-0.4, -0.2) is 52.0 Å². The highest BCUT2D eigenvalue weighted by Gasteiger charge is 2.21. The number of carbonyl (C=O) groups excluding carboxylic acids is 1. The maximum absolute atomic E-state index is 12.9. The molecule has 0 spiro atoms. The Labute approximate surface area is 137 Å². The SMILES string of the molecule is CC.Cc1ccc(-n2nccn2)c(C(=O)N2CCCNCC2)c1. The average Bonchev–Trinajstić information content (AvgIpc) is 2.98. The topological polar surface area (TPSA) is 63.1 Å². The minimum atomic E-state index is 0.0506. The van der Waals surface area contributed by atoms with E-state index in [1.54, 1.807) is 12.4 Å². The van der Waals surface area contributed by atoms with Gasteiger partial charge < -0.3 is 10.2 Å². The van der Waals surface area contributed by atoms with Crippen molar-refractivity contribution in [2.45, 2.75) is 27.2 Å². The minimum absolute atomic E-state index is 0.0506. The average molecular weight is 315 g/mol. The third kappa shape index (κ3) is 4.16. The zero-order valence-electron chi connectivity index (χ0n) is 14.1. The summed E-state index contributed by atoms with van der Waals surface area (Å²) in [5.41, 5.74) is 2.45. The second-order valence-electron chi connectivity index (χ2n) is 5.23. The Morgan fingerprint density at radius 1 is 1.13 bits per heavy atom. The molecule has 23 heavy (non-hydrogen) atoms. The molecule has 1 amide bonds. The summed E-state index contributed by atoms with van der Waals surface area (Å²) < 4.78 is 0. The van der Waals surface area contributed by atoms with Gasteiger partial charge in [0.15, 0.2) is 0 Å². The van der Waals surface area contributed by atoms with E-state index in [0.29, 0.717) is 5.56 Å². The molecule has 0 atom stereocenters. The third-order valence-corrected chi connectivity index (χ3v) is 3.64. The van der Waals surface area contributed by atoms with Crippen molar-refractivity contribution >= 4 is 5.91 Å². The maximum Gasteiger partial charge on any atom is 0.256 e. The van der Waals surface area contributed by atoms with Crippen molar-refractivity contribution in [3.63, 3.8) is 0 Å². The van der Waals surface area contributed by atoms with Gasteiger partial charge in [-0.3, -0.25) is 4.79 Å². The Hall–Kier alpha value is -2.21. The quantitative estimate of drug-likeness (QED) is 0.921. The fourth-order valence-corrected chi connectivity index (χ4v) is 2.55. The maximum atomic E-state index is 12.9. The number of amides is 1. The van der Waals surface area contributed by atoms with Crippen molar-refractivity contribution in [1.82, 2.24) is 25.2 Å². The highest BCUT2D eigenvalue weighted by Crippen LogP contribution is 2.17. The predicted octanol–water partition coefficient (Wildman–Crippen LogP) is 2.04. The van der Waals surface area contributed by atoms with Crippen molar-refractivity contribution in [2.75, 3.05) is 26.2 Å². The minimum Gasteiger partial charge on any atom is -0.337 e. The van der Waals surface area contributed by atoms with Crippen LogP contribution in [0.1, 0.15) is 36.2 Å². The number of aryl methyl sites for hydroxylation is 1. The van der Waals surface area contributed by atoms with Crippen molar-refractivity contribution < 1.29 is 4.79 Å². The first kappa shape index (κ1) is 17.1. The lowest BCUT2D eigenvalue weighted by molar-refractivity contribution is 0.0766. The molecule has 2 aromatic rings. The molecule has 1 N–H and O–H groups in total. The number of aromatic nitrogens is 3. The van der Waals surface area contributed by atoms with Crippen molar-refractivity contribution in [3.05, 3.63) is 41.7 Å². The Morgan fingerprint density at radius 3 is 2.61 bits per heavy atom. The van der Waals surface area contributed by atoms with Gasteiger partial charge in [0.2, 0.25) is 0 Å². The van der Waals surface area contributed by atoms with Gasteiger partial charge >= 0.3 is 0 Å². The molecule has 6 heteroatoms. The van der Waals surface area contributed by atoms with Gasteiger partial charge in [0.05, 0.1) is 23.6 Å². The van der Waals surface area contributed by atoms with E-state index in [1.165, 1.54) is 4.80 Å². The molecule has 1 saturated heterocycles. The summed E-state index contributed by atoms with van der Waals surface area (Å²) >= 11 is 0. The summed E-state index contributed by atoms with van der Waals surface area (Å²) in [6.45, 7) is 9.31. The first-order chi connectivity index (χ1) is 11.3. The molecule has 1 fully saturated rings. The summed E-state index contributed by atoms with van der Waals surface area (Å²) in [7, 11) is 0. The Balaban J connectivity index is 0.000000924. The van der Waals surface area contributed by atoms with Gasteiger partial charge in [0.1, 0.15) is 0 Å². The number of hydrogen-bond donors (Lipinski definition) is 1. The molecular weight excluding hydrogens is 290 g/mol. The lowest BCUT2D eigenvalue weighted by Crippen LogP contribution is -2.34. The number of nitrogens with zero attached hydrogens (tertiary/aromatic N) is 4. The van der Waals surface area contributed by atoms with Gasteiger partial charge in [-0.1, -0.05) is 25.5 Å². The van der Waals surface area contributed by atoms with E-state index < -0.39 is 0 Å². The zero-order chi connectivity index (χ0) is 16.7. The summed E-state index contributed by atoms with van der Waals surface area (Å²) in [5, 5.41) is 11.6. The molecule has 0 aliphatic carbocycles. The van der Waals surface area contributed by atoms with Crippen molar-refractivity contribution in [1.29, 1.82) is 0 Å². The monoisotopic (exact) mass is 315 g/mol. The highest BCUT2D eigenvalue weighted by molar-refractivity contribution is 5.98. The van der Waals surface area contributed by atoms with Crippen LogP contribution >= 0.6 is 0 Å². The van der Waals surface area contributed by atoms with Gasteiger partial charge in [0, 0.05) is 19.6 Å². The van der Waals surface area contributed by atoms with Crippen LogP contribution in [0.2, 0.25) is 0 Å². The third-order valence-electron chi connectivity index (χ3n) is 3.64. The predicted molar refractivity (Wildman–Crippen MR) is 90.8 cm³/mol. The number of nitrogens with one attached hydrogen (secondary N) is 1. The van der Waals surface area contributed by atoms with Gasteiger partial charge in [-0.2, -0.15) is 15.0 Å². The van der Waals surface area contributed by atoms with Gasteiger partial charge in [-0.05, 0) is 32.0 Å². The summed E-state index contributed by atoms with van der Waals surface area (Å²) in [6.07, 6.45) is 4.21. The van der Waals surface area contributed by atoms with Crippen LogP contribution in [0.3, 0.4) is 0 Å². The summed E-state index contributed by atoms with van der Waals surface area (Å²) in [6, 6.07) is 5.79. The van der Waals surface area contributed by atoms with Crippen LogP contribution in [-0.2, 0) is 0 Å². The van der Waals surface area contributed by atoms with E-state index in [-0.39, 0.29) is 5.91 Å². The molecule has 2 heterocycles. The van der Waals surface area contributed by atoms with E-state index >= 15 is 0 Å². The molecule has 6 nitrogen and oxygen atoms in total. The summed E-state index contributed by atoms with van der Waals surface area (Å²) in [5.74, 6) is 0.0506. The van der Waals surface area contributed by atoms with E-state index in [2.05, 4.69) is 15.5 Å². The highest BCUT2D eigenvalue weighted by atomic mass is 16.2. The van der Waals surface area contributed by atoms with Crippen LogP contribution in [0.15, 0.2) is 30.6 Å². The molecule has 0 saturated carbocycles. The molecule has 1 aromatic carbocycles. The molecule has 1 aromatic heterocycles. The number of carbonyl (C=O) groups is 1. The van der Waals surface area contributed by atoms with Gasteiger partial charge in [-0.25, -0.2) is 0 Å². The molecule has 1 aliphatic heterocycles. The van der Waals surface area contributed by atoms with E-state index in [1.807, 2.05) is 43.9 Å². The Bertz CT molecular complexity index is 616. The fraction of sp³-hybridized carbons (Fsp3) is 0.471. The Morgan fingerprint density at radius 2 is 1.87 bits per heavy atom. The molecule has 0 radical (unpaired) electrons. The van der Waals surface area contributed by atoms with Gasteiger partial charge in [-0.15, -0.1) is 0 Å². The zero-order valence-corrected chi connectivity index (χ0v) is 14.1. The van der Waals surface area contributed by atoms with Crippen LogP contribution < -0.4 is 5.32 Å². The van der Waals surface area contributed by atoms with Crippen molar-refractivity contribution in [3.8, 4) is 5.69 Å². The van der Waals surface area contributed by atoms with Crippen LogP contribution in [0.4, 0.5) is 0 Å². The molecular formula is C17H25N5O. The van der Waals surface area contributed by atoms with E-state index in [9.17, 15) is 4.79 Å². The second kappa shape index (κ2) is 8.43. The largest absolute Gasteiger partial charge is 0.337 e. The first-order valence-corrected chi connectivity index (χ1v) is 8.23. The Kier molecular flexibility index (Phi) is 6.29. The standard InChI is InChI=1S/C15H19N5O.C2H6/c1-12-3-4-14(20-17-6-7-18-20)13(11-12)15(21)19-9-2-5-16-8-10-19;1-2/h3-4,6-7,11,16H,2,5,8-10H2,1H3;1-2H3. The number of benzene rings is 1. The van der Waals surface area contributed by atoms with Crippen LogP contribution in [0.5, 0.6) is 0 Å². The molecule has 3 rings (SSSR count). The van der Waals surface area contributed by atoms with Crippen molar-refractivity contribution in [2.24, 2.45) is 0 Å². The van der Waals surface area contributed by atoms with Crippen LogP contribution in [0, 0.1) is 6.92 Å². The smallest absolute Gasteiger partial charge is 0.256 e.